The molecular weight excluding hydrogens is 578 g/mol. The first-order valence-corrected chi connectivity index (χ1v) is 16.3. The molecule has 10 nitrogen and oxygen atoms in total. The minimum Gasteiger partial charge on any atom is -0.357 e. The van der Waals surface area contributed by atoms with E-state index in [1.165, 1.54) is 6.42 Å². The molecular formula is C36H43N7O3. The van der Waals surface area contributed by atoms with E-state index in [1.54, 1.807) is 7.11 Å². The van der Waals surface area contributed by atoms with Gasteiger partial charge in [-0.3, -0.25) is 9.63 Å². The molecule has 4 N–H and O–H groups in total. The van der Waals surface area contributed by atoms with E-state index in [2.05, 4.69) is 63.6 Å². The lowest BCUT2D eigenvalue weighted by Crippen LogP contribution is -2.49. The zero-order valence-electron chi connectivity index (χ0n) is 26.8. The van der Waals surface area contributed by atoms with Crippen molar-refractivity contribution in [2.45, 2.75) is 64.1 Å². The fourth-order valence-corrected chi connectivity index (χ4v) is 6.16. The van der Waals surface area contributed by atoms with Crippen molar-refractivity contribution >= 4 is 5.91 Å². The second kappa shape index (κ2) is 14.9. The summed E-state index contributed by atoms with van der Waals surface area (Å²) in [6.45, 7) is 5.95. The number of H-pyrrole nitrogens is 2. The Morgan fingerprint density at radius 2 is 1.59 bits per heavy atom. The Kier molecular flexibility index (Phi) is 10.3. The lowest BCUT2D eigenvalue weighted by molar-refractivity contribution is -0.148. The number of hydrogen-bond acceptors (Lipinski definition) is 7. The van der Waals surface area contributed by atoms with Crippen LogP contribution in [0, 0.1) is 17.8 Å². The fourth-order valence-electron chi connectivity index (χ4n) is 6.16. The number of rotatable bonds is 11. The van der Waals surface area contributed by atoms with Crippen molar-refractivity contribution in [3.8, 4) is 34.4 Å². The van der Waals surface area contributed by atoms with Crippen LogP contribution in [0.1, 0.15) is 80.8 Å². The number of nitrogens with zero attached hydrogens (tertiary/aromatic N) is 3. The normalized spacial score (nSPS) is 19.2. The van der Waals surface area contributed by atoms with E-state index in [4.69, 9.17) is 14.6 Å². The number of ether oxygens (including phenoxy) is 1. The molecule has 4 aromatic rings. The van der Waals surface area contributed by atoms with Gasteiger partial charge in [0, 0.05) is 24.8 Å². The molecule has 1 amide bonds. The van der Waals surface area contributed by atoms with Gasteiger partial charge < -0.3 is 24.9 Å². The number of hydroxylamine groups is 1. The van der Waals surface area contributed by atoms with E-state index in [0.717, 1.165) is 77.5 Å². The molecule has 2 aliphatic heterocycles. The van der Waals surface area contributed by atoms with Gasteiger partial charge in [-0.1, -0.05) is 56.4 Å². The molecule has 0 saturated carbocycles. The third-order valence-corrected chi connectivity index (χ3v) is 9.04. The molecule has 0 bridgehead atoms. The second-order valence-corrected chi connectivity index (χ2v) is 12.1. The summed E-state index contributed by atoms with van der Waals surface area (Å²) in [5, 5.41) is 3.49. The number of hydrogen-bond donors (Lipinski definition) is 4. The van der Waals surface area contributed by atoms with E-state index in [9.17, 15) is 4.79 Å². The van der Waals surface area contributed by atoms with Crippen LogP contribution in [0.25, 0.3) is 22.5 Å². The van der Waals surface area contributed by atoms with Crippen LogP contribution >= 0.6 is 0 Å². The molecule has 6 rings (SSSR count). The molecule has 2 saturated heterocycles. The Balaban J connectivity index is 1.08. The van der Waals surface area contributed by atoms with E-state index in [0.29, 0.717) is 12.6 Å². The number of aromatic nitrogens is 4. The Labute approximate surface area is 270 Å². The Morgan fingerprint density at radius 3 is 2.17 bits per heavy atom. The number of likely N-dealkylation sites (tertiary alicyclic amines) is 1. The summed E-state index contributed by atoms with van der Waals surface area (Å²) >= 11 is 0. The maximum absolute atomic E-state index is 13.6. The zero-order chi connectivity index (χ0) is 31.9. The number of amides is 1. The zero-order valence-corrected chi connectivity index (χ0v) is 26.8. The van der Waals surface area contributed by atoms with Crippen LogP contribution in [-0.2, 0) is 14.4 Å². The Hall–Kier alpha value is -4.27. The largest absolute Gasteiger partial charge is 0.357 e. The summed E-state index contributed by atoms with van der Waals surface area (Å²) in [4.78, 5) is 37.1. The summed E-state index contributed by atoms with van der Waals surface area (Å²) in [6.07, 6.45) is 8.70. The van der Waals surface area contributed by atoms with Crippen molar-refractivity contribution in [1.82, 2.24) is 35.6 Å². The predicted octanol–water partition coefficient (Wildman–Crippen LogP) is 5.49. The van der Waals surface area contributed by atoms with Crippen molar-refractivity contribution < 1.29 is 14.4 Å². The Morgan fingerprint density at radius 1 is 0.957 bits per heavy atom. The molecule has 2 aromatic carbocycles. The van der Waals surface area contributed by atoms with Gasteiger partial charge in [0.25, 0.3) is 0 Å². The number of imidazole rings is 2. The van der Waals surface area contributed by atoms with Gasteiger partial charge >= 0.3 is 0 Å². The average Bonchev–Trinajstić information content (AvgIpc) is 3.92. The third kappa shape index (κ3) is 7.24. The van der Waals surface area contributed by atoms with Crippen LogP contribution in [0.5, 0.6) is 0 Å². The summed E-state index contributed by atoms with van der Waals surface area (Å²) in [6, 6.07) is 16.2. The monoisotopic (exact) mass is 621 g/mol. The highest BCUT2D eigenvalue weighted by atomic mass is 16.7. The van der Waals surface area contributed by atoms with Gasteiger partial charge in [-0.05, 0) is 73.5 Å². The molecule has 4 heterocycles. The number of nitrogens with one attached hydrogen (secondary N) is 4. The van der Waals surface area contributed by atoms with Gasteiger partial charge in [-0.25, -0.2) is 9.97 Å². The highest BCUT2D eigenvalue weighted by molar-refractivity contribution is 5.82. The number of aromatic amines is 2. The van der Waals surface area contributed by atoms with E-state index >= 15 is 0 Å². The SMILES string of the molecule is CC[C@H](C)[C@H](NOCOC)C(=O)N1CCC[C@H]1c1ncc(-c2ccc(C#Cc3ccc(-c4cnc([C@@H]5CCCN5)[nH]4)cc3)cc2)[nH]1. The molecule has 2 aromatic heterocycles. The molecule has 46 heavy (non-hydrogen) atoms. The molecule has 2 aliphatic rings. The number of carbonyl (C=O) groups is 1. The standard InChI is InChI=1S/C36H43N7O3/c1-4-24(2)33(42-46-23-45-3)36(44)43-20-6-8-32(43)35-39-22-31(41-35)28-17-13-26(14-18-28)10-9-25-11-15-27(16-12-25)30-21-38-34(40-30)29-7-5-19-37-29/h11-18,21-22,24,29,32-33,37,42H,4-8,19-20,23H2,1-3H3,(H,38,40)(H,39,41)/t24-,29-,32-,33-/m0/s1. The fraction of sp³-hybridized carbons (Fsp3) is 0.417. The van der Waals surface area contributed by atoms with Gasteiger partial charge in [0.2, 0.25) is 5.91 Å². The lowest BCUT2D eigenvalue weighted by Gasteiger charge is -2.30. The van der Waals surface area contributed by atoms with Crippen molar-refractivity contribution in [3.05, 3.63) is 83.7 Å². The summed E-state index contributed by atoms with van der Waals surface area (Å²) in [5.41, 5.74) is 8.86. The predicted molar refractivity (Wildman–Crippen MR) is 177 cm³/mol. The number of methoxy groups -OCH3 is 1. The minimum absolute atomic E-state index is 0.0239. The molecule has 0 aliphatic carbocycles. The average molecular weight is 622 g/mol. The van der Waals surface area contributed by atoms with Gasteiger partial charge in [-0.2, -0.15) is 5.48 Å². The molecule has 0 radical (unpaired) electrons. The van der Waals surface area contributed by atoms with Crippen molar-refractivity contribution in [2.24, 2.45) is 5.92 Å². The van der Waals surface area contributed by atoms with Crippen LogP contribution in [-0.4, -0.2) is 63.8 Å². The summed E-state index contributed by atoms with van der Waals surface area (Å²) < 4.78 is 4.98. The van der Waals surface area contributed by atoms with E-state index < -0.39 is 6.04 Å². The maximum atomic E-state index is 13.6. The van der Waals surface area contributed by atoms with Crippen molar-refractivity contribution in [3.63, 3.8) is 0 Å². The number of benzene rings is 2. The van der Waals surface area contributed by atoms with Crippen LogP contribution in [0.15, 0.2) is 60.9 Å². The van der Waals surface area contributed by atoms with E-state index in [1.807, 2.05) is 53.7 Å². The summed E-state index contributed by atoms with van der Waals surface area (Å²) in [7, 11) is 1.56. The molecule has 240 valence electrons. The highest BCUT2D eigenvalue weighted by Crippen LogP contribution is 2.33. The molecule has 2 fully saturated rings. The van der Waals surface area contributed by atoms with Crippen LogP contribution in [0.3, 0.4) is 0 Å². The topological polar surface area (TPSA) is 120 Å². The maximum Gasteiger partial charge on any atom is 0.242 e. The third-order valence-electron chi connectivity index (χ3n) is 9.04. The first-order chi connectivity index (χ1) is 22.5. The molecule has 10 heteroatoms. The minimum atomic E-state index is -0.453. The first kappa shape index (κ1) is 31.7. The van der Waals surface area contributed by atoms with Crippen molar-refractivity contribution in [1.29, 1.82) is 0 Å². The van der Waals surface area contributed by atoms with Crippen LogP contribution in [0.4, 0.5) is 0 Å². The quantitative estimate of drug-likeness (QED) is 0.0756. The first-order valence-electron chi connectivity index (χ1n) is 16.3. The van der Waals surface area contributed by atoms with Gasteiger partial charge in [0.1, 0.15) is 17.7 Å². The van der Waals surface area contributed by atoms with Crippen molar-refractivity contribution in [2.75, 3.05) is 27.0 Å². The summed E-state index contributed by atoms with van der Waals surface area (Å²) in [5.74, 6) is 8.50. The lowest BCUT2D eigenvalue weighted by atomic mass is 9.98. The molecule has 0 unspecified atom stereocenters. The smallest absolute Gasteiger partial charge is 0.242 e. The highest BCUT2D eigenvalue weighted by Gasteiger charge is 2.37. The van der Waals surface area contributed by atoms with E-state index in [-0.39, 0.29) is 24.7 Å². The van der Waals surface area contributed by atoms with Gasteiger partial charge in [0.05, 0.1) is 35.9 Å². The Bertz CT molecular complexity index is 1640. The number of carbonyl (C=O) groups excluding carboxylic acids is 1. The van der Waals surface area contributed by atoms with Crippen LogP contribution < -0.4 is 10.8 Å². The van der Waals surface area contributed by atoms with Crippen LogP contribution in [0.2, 0.25) is 0 Å². The second-order valence-electron chi connectivity index (χ2n) is 12.1. The van der Waals surface area contributed by atoms with Gasteiger partial charge in [0.15, 0.2) is 6.79 Å². The van der Waals surface area contributed by atoms with Gasteiger partial charge in [-0.15, -0.1) is 0 Å². The molecule has 4 atom stereocenters. The molecule has 0 spiro atoms.